The highest BCUT2D eigenvalue weighted by Gasteiger charge is 2.57. The minimum absolute atomic E-state index is 0.135. The first-order valence-electron chi connectivity index (χ1n) is 13.1. The van der Waals surface area contributed by atoms with Gasteiger partial charge in [0.15, 0.2) is 0 Å². The number of imide groups is 1. The number of anilines is 1. The molecule has 0 aliphatic carbocycles. The van der Waals surface area contributed by atoms with Gasteiger partial charge in [-0.25, -0.2) is 4.90 Å². The van der Waals surface area contributed by atoms with Crippen LogP contribution in [-0.4, -0.2) is 45.5 Å². The Morgan fingerprint density at radius 1 is 0.976 bits per heavy atom. The second kappa shape index (κ2) is 11.0. The Morgan fingerprint density at radius 2 is 1.69 bits per heavy atom. The number of rotatable bonds is 4. The third-order valence-corrected chi connectivity index (χ3v) is 11.2. The van der Waals surface area contributed by atoms with E-state index in [1.165, 1.54) is 10.6 Å². The van der Waals surface area contributed by atoms with Gasteiger partial charge in [-0.15, -0.1) is 0 Å². The van der Waals surface area contributed by atoms with Crippen LogP contribution in [0.25, 0.3) is 0 Å². The molecular weight excluding hydrogens is 634 g/mol. The molecule has 3 atom stereocenters. The fourth-order valence-corrected chi connectivity index (χ4v) is 8.99. The number of carbonyl (C=O) groups is 3. The van der Waals surface area contributed by atoms with E-state index < -0.39 is 45.5 Å². The van der Waals surface area contributed by atoms with Gasteiger partial charge in [0.05, 0.1) is 32.2 Å². The first kappa shape index (κ1) is 29.3. The minimum atomic E-state index is -4.68. The summed E-state index contributed by atoms with van der Waals surface area (Å²) in [5.74, 6) is -3.62. The third-order valence-electron chi connectivity index (χ3n) is 7.80. The molecule has 0 spiro atoms. The average molecular weight is 657 g/mol. The molecule has 0 saturated carbocycles. The highest BCUT2D eigenvalue weighted by molar-refractivity contribution is 8.00. The molecule has 0 radical (unpaired) electrons. The molecule has 14 heteroatoms. The molecule has 3 aromatic rings. The number of thiazole rings is 1. The first-order chi connectivity index (χ1) is 20.0. The van der Waals surface area contributed by atoms with Gasteiger partial charge in [-0.2, -0.15) is 13.2 Å². The fraction of sp³-hybridized carbons (Fsp3) is 0.357. The number of nitrogens with zero attached hydrogens (tertiary/aromatic N) is 3. The number of halogens is 5. The van der Waals surface area contributed by atoms with Crippen LogP contribution in [0, 0.1) is 5.92 Å². The van der Waals surface area contributed by atoms with Crippen molar-refractivity contribution in [2.75, 3.05) is 18.0 Å². The zero-order valence-corrected chi connectivity index (χ0v) is 24.8. The Morgan fingerprint density at radius 3 is 2.40 bits per heavy atom. The van der Waals surface area contributed by atoms with Crippen molar-refractivity contribution in [3.8, 4) is 0 Å². The van der Waals surface area contributed by atoms with Crippen molar-refractivity contribution in [1.29, 1.82) is 0 Å². The van der Waals surface area contributed by atoms with E-state index in [9.17, 15) is 32.3 Å². The standard InChI is InChI=1S/C28H22Cl2F3N3O4S2/c29-17-9-5-8-16(21(17)30)19-20-22(25(39)36(24(20)38)15-7-4-6-14(12-15)28(31,32)33)41-26-23(19)42-27(40)35(26)13-18(37)34-10-2-1-3-11-34/h4-9,12,19-20,22H,1-3,10-11,13H2/t19-,20?,22?/m1/s1. The molecule has 1 aromatic heterocycles. The molecule has 3 amide bonds. The number of fused-ring (bicyclic) bond motifs is 2. The van der Waals surface area contributed by atoms with E-state index in [0.717, 1.165) is 65.5 Å². The van der Waals surface area contributed by atoms with Crippen LogP contribution in [-0.2, 0) is 27.1 Å². The van der Waals surface area contributed by atoms with Gasteiger partial charge in [0.2, 0.25) is 17.7 Å². The summed E-state index contributed by atoms with van der Waals surface area (Å²) in [5.41, 5.74) is -0.794. The second-order valence-corrected chi connectivity index (χ2v) is 13.2. The first-order valence-corrected chi connectivity index (χ1v) is 15.6. The summed E-state index contributed by atoms with van der Waals surface area (Å²) >= 11 is 14.8. The molecule has 0 bridgehead atoms. The van der Waals surface area contributed by atoms with Gasteiger partial charge in [-0.05, 0) is 49.1 Å². The lowest BCUT2D eigenvalue weighted by molar-refractivity contribution is -0.137. The Balaban J connectivity index is 1.46. The summed E-state index contributed by atoms with van der Waals surface area (Å²) in [5, 5.41) is -0.381. The lowest BCUT2D eigenvalue weighted by Gasteiger charge is -2.31. The maximum Gasteiger partial charge on any atom is 0.416 e. The van der Waals surface area contributed by atoms with E-state index >= 15 is 0 Å². The van der Waals surface area contributed by atoms with Gasteiger partial charge < -0.3 is 4.90 Å². The number of aromatic nitrogens is 1. The van der Waals surface area contributed by atoms with E-state index in [4.69, 9.17) is 23.2 Å². The van der Waals surface area contributed by atoms with Gasteiger partial charge in [0, 0.05) is 23.9 Å². The minimum Gasteiger partial charge on any atom is -0.341 e. The van der Waals surface area contributed by atoms with Gasteiger partial charge in [0.25, 0.3) is 0 Å². The van der Waals surface area contributed by atoms with Crippen LogP contribution in [0.5, 0.6) is 0 Å². The van der Waals surface area contributed by atoms with E-state index in [1.54, 1.807) is 23.1 Å². The molecule has 42 heavy (non-hydrogen) atoms. The summed E-state index contributed by atoms with van der Waals surface area (Å²) in [6.45, 7) is 0.958. The number of alkyl halides is 3. The zero-order valence-electron chi connectivity index (χ0n) is 21.7. The SMILES string of the molecule is O=C(Cn1c2c(sc1=O)[C@H](c1cccc(Cl)c1Cl)C1C(=O)N(c3cccc(C(F)(F)F)c3)C(=O)C1S2)N1CCCCC1. The summed E-state index contributed by atoms with van der Waals surface area (Å²) < 4.78 is 41.8. The Kier molecular flexibility index (Phi) is 7.70. The maximum atomic E-state index is 14.0. The number of carbonyl (C=O) groups excluding carboxylic acids is 3. The fourth-order valence-electron chi connectivity index (χ4n) is 5.81. The monoisotopic (exact) mass is 655 g/mol. The van der Waals surface area contributed by atoms with Crippen molar-refractivity contribution in [3.05, 3.63) is 78.2 Å². The van der Waals surface area contributed by atoms with Crippen LogP contribution in [0.15, 0.2) is 52.3 Å². The topological polar surface area (TPSA) is 79.7 Å². The predicted octanol–water partition coefficient (Wildman–Crippen LogP) is 6.04. The third kappa shape index (κ3) is 4.95. The molecule has 2 aromatic carbocycles. The van der Waals surface area contributed by atoms with Gasteiger partial charge in [0.1, 0.15) is 11.8 Å². The van der Waals surface area contributed by atoms with Crippen LogP contribution in [0.4, 0.5) is 18.9 Å². The van der Waals surface area contributed by atoms with E-state index in [0.29, 0.717) is 28.6 Å². The number of piperidine rings is 1. The summed E-state index contributed by atoms with van der Waals surface area (Å²) in [6, 6.07) is 8.88. The van der Waals surface area contributed by atoms with Gasteiger partial charge in [-0.1, -0.05) is 64.5 Å². The van der Waals surface area contributed by atoms with Crippen molar-refractivity contribution >= 4 is 69.7 Å². The molecule has 7 nitrogen and oxygen atoms in total. The number of amides is 3. The van der Waals surface area contributed by atoms with Crippen LogP contribution < -0.4 is 9.77 Å². The number of thioether (sulfide) groups is 1. The van der Waals surface area contributed by atoms with Crippen LogP contribution in [0.3, 0.4) is 0 Å². The average Bonchev–Trinajstić information content (AvgIpc) is 3.41. The van der Waals surface area contributed by atoms with Crippen molar-refractivity contribution < 1.29 is 27.6 Å². The van der Waals surface area contributed by atoms with Crippen molar-refractivity contribution in [3.63, 3.8) is 0 Å². The highest BCUT2D eigenvalue weighted by Crippen LogP contribution is 2.55. The molecule has 3 aliphatic rings. The van der Waals surface area contributed by atoms with E-state index in [-0.39, 0.29) is 28.2 Å². The molecule has 3 aliphatic heterocycles. The van der Waals surface area contributed by atoms with Gasteiger partial charge in [-0.3, -0.25) is 23.7 Å². The van der Waals surface area contributed by atoms with Crippen molar-refractivity contribution in [2.24, 2.45) is 5.92 Å². The second-order valence-electron chi connectivity index (χ2n) is 10.3. The quantitative estimate of drug-likeness (QED) is 0.320. The normalized spacial score (nSPS) is 22.4. The number of hydrogen-bond acceptors (Lipinski definition) is 6. The summed E-state index contributed by atoms with van der Waals surface area (Å²) in [4.78, 5) is 56.8. The Bertz CT molecular complexity index is 1670. The molecule has 2 unspecified atom stereocenters. The lowest BCUT2D eigenvalue weighted by Crippen LogP contribution is -2.39. The van der Waals surface area contributed by atoms with Gasteiger partial charge >= 0.3 is 11.0 Å². The number of hydrogen-bond donors (Lipinski definition) is 0. The van der Waals surface area contributed by atoms with E-state index in [1.807, 2.05) is 0 Å². The Labute approximate surface area is 256 Å². The number of likely N-dealkylation sites (tertiary alicyclic amines) is 1. The number of benzene rings is 2. The zero-order chi connectivity index (χ0) is 29.9. The molecule has 220 valence electrons. The maximum absolute atomic E-state index is 14.0. The molecule has 4 heterocycles. The molecule has 0 N–H and O–H groups in total. The summed E-state index contributed by atoms with van der Waals surface area (Å²) in [6.07, 6.45) is -1.91. The molecule has 2 fully saturated rings. The van der Waals surface area contributed by atoms with Crippen LogP contribution >= 0.6 is 46.3 Å². The van der Waals surface area contributed by atoms with Crippen molar-refractivity contribution in [1.82, 2.24) is 9.47 Å². The molecule has 2 saturated heterocycles. The lowest BCUT2D eigenvalue weighted by atomic mass is 9.83. The highest BCUT2D eigenvalue weighted by atomic mass is 35.5. The predicted molar refractivity (Wildman–Crippen MR) is 154 cm³/mol. The van der Waals surface area contributed by atoms with Crippen LogP contribution in [0.1, 0.15) is 41.2 Å². The van der Waals surface area contributed by atoms with Crippen molar-refractivity contribution in [2.45, 2.75) is 48.2 Å². The summed E-state index contributed by atoms with van der Waals surface area (Å²) in [7, 11) is 0. The molecular formula is C28H22Cl2F3N3O4S2. The van der Waals surface area contributed by atoms with Crippen LogP contribution in [0.2, 0.25) is 10.0 Å². The largest absolute Gasteiger partial charge is 0.416 e. The van der Waals surface area contributed by atoms with E-state index in [2.05, 4.69) is 0 Å². The molecule has 6 rings (SSSR count). The smallest absolute Gasteiger partial charge is 0.341 e. The Hall–Kier alpha value is -2.80.